The molecule has 0 saturated carbocycles. The Morgan fingerprint density at radius 1 is 1.21 bits per heavy atom. The Morgan fingerprint density at radius 2 is 1.97 bits per heavy atom. The van der Waals surface area contributed by atoms with Crippen LogP contribution < -0.4 is 14.8 Å². The first-order chi connectivity index (χ1) is 18.3. The second-order valence-corrected chi connectivity index (χ2v) is 10.3. The Morgan fingerprint density at radius 3 is 2.66 bits per heavy atom. The van der Waals surface area contributed by atoms with Crippen LogP contribution in [0.15, 0.2) is 45.6 Å². The van der Waals surface area contributed by atoms with Crippen molar-refractivity contribution >= 4 is 28.8 Å². The van der Waals surface area contributed by atoms with Crippen LogP contribution in [0.4, 0.5) is 0 Å². The number of ether oxygens (including phenoxy) is 4. The van der Waals surface area contributed by atoms with Crippen LogP contribution in [0, 0.1) is 0 Å². The quantitative estimate of drug-likeness (QED) is 0.445. The smallest absolute Gasteiger partial charge is 0.338 e. The summed E-state index contributed by atoms with van der Waals surface area (Å²) in [5, 5.41) is 5.65. The zero-order valence-corrected chi connectivity index (χ0v) is 23.4. The summed E-state index contributed by atoms with van der Waals surface area (Å²) in [5.41, 5.74) is 2.48. The Labute approximate surface area is 228 Å². The Balaban J connectivity index is 1.60. The zero-order valence-electron chi connectivity index (χ0n) is 22.6. The summed E-state index contributed by atoms with van der Waals surface area (Å²) in [6.45, 7) is 9.95. The molecule has 0 spiro atoms. The Hall–Kier alpha value is -3.02. The SMILES string of the molecule is COc1ccc([C@@H]2C(C(=O)OC(C)C)=C(C)N=C3SC=C(CC(=O)NCCN4CCOCC4)N32)c(OC)c1. The molecule has 11 heteroatoms. The molecule has 1 atom stereocenters. The summed E-state index contributed by atoms with van der Waals surface area (Å²) in [4.78, 5) is 35.3. The van der Waals surface area contributed by atoms with Gasteiger partial charge in [0.1, 0.15) is 11.5 Å². The summed E-state index contributed by atoms with van der Waals surface area (Å²) in [6, 6.07) is 4.91. The molecule has 1 N–H and O–H groups in total. The fraction of sp³-hybridized carbons (Fsp3) is 0.519. The fourth-order valence-electron chi connectivity index (χ4n) is 4.65. The molecule has 0 unspecified atom stereocenters. The number of aliphatic imine (C=N–C) groups is 1. The van der Waals surface area contributed by atoms with Gasteiger partial charge in [0.2, 0.25) is 5.91 Å². The molecular formula is C27H36N4O6S. The number of carbonyl (C=O) groups excluding carboxylic acids is 2. The standard InChI is InChI=1S/C27H36N4O6S/c1-17(2)37-26(33)24-18(3)29-27-31(25(24)21-7-6-20(34-4)15-22(21)35-5)19(16-38-27)14-23(32)28-8-9-30-10-12-36-13-11-30/h6-7,15-17,25H,8-14H2,1-5H3,(H,28,32)/t25-/m1/s1. The Bertz CT molecular complexity index is 1140. The van der Waals surface area contributed by atoms with E-state index in [2.05, 4.69) is 10.2 Å². The molecule has 1 saturated heterocycles. The number of hydrogen-bond donors (Lipinski definition) is 1. The third-order valence-electron chi connectivity index (χ3n) is 6.49. The highest BCUT2D eigenvalue weighted by atomic mass is 32.2. The molecule has 0 aliphatic carbocycles. The number of morpholine rings is 1. The first-order valence-electron chi connectivity index (χ1n) is 12.8. The lowest BCUT2D eigenvalue weighted by molar-refractivity contribution is -0.143. The molecule has 3 aliphatic rings. The van der Waals surface area contributed by atoms with Crippen molar-refractivity contribution in [1.82, 2.24) is 15.1 Å². The predicted molar refractivity (Wildman–Crippen MR) is 146 cm³/mol. The molecule has 3 heterocycles. The van der Waals surface area contributed by atoms with Crippen molar-refractivity contribution < 1.29 is 28.5 Å². The van der Waals surface area contributed by atoms with Crippen molar-refractivity contribution in [1.29, 1.82) is 0 Å². The van der Waals surface area contributed by atoms with Crippen molar-refractivity contribution in [3.8, 4) is 11.5 Å². The molecule has 206 valence electrons. The van der Waals surface area contributed by atoms with Gasteiger partial charge in [0.25, 0.3) is 0 Å². The first kappa shape index (κ1) is 28.0. The highest BCUT2D eigenvalue weighted by Gasteiger charge is 2.42. The van der Waals surface area contributed by atoms with Gasteiger partial charge in [-0.1, -0.05) is 11.8 Å². The van der Waals surface area contributed by atoms with E-state index in [-0.39, 0.29) is 18.4 Å². The molecule has 1 aromatic rings. The maximum absolute atomic E-state index is 13.4. The Kier molecular flexibility index (Phi) is 9.35. The van der Waals surface area contributed by atoms with Crippen molar-refractivity contribution in [3.05, 3.63) is 46.1 Å². The molecule has 1 fully saturated rings. The molecule has 1 aromatic carbocycles. The number of allylic oxidation sites excluding steroid dienone is 1. The zero-order chi connectivity index (χ0) is 27.2. The first-order valence-corrected chi connectivity index (χ1v) is 13.6. The number of rotatable bonds is 10. The number of benzene rings is 1. The second kappa shape index (κ2) is 12.7. The van der Waals surface area contributed by atoms with Gasteiger partial charge in [-0.2, -0.15) is 0 Å². The van der Waals surface area contributed by atoms with Gasteiger partial charge in [0.15, 0.2) is 5.17 Å². The van der Waals surface area contributed by atoms with Crippen LogP contribution in [0.1, 0.15) is 38.8 Å². The summed E-state index contributed by atoms with van der Waals surface area (Å²) in [6.07, 6.45) is -0.151. The van der Waals surface area contributed by atoms with Gasteiger partial charge in [-0.3, -0.25) is 9.69 Å². The van der Waals surface area contributed by atoms with Crippen LogP contribution in [-0.2, 0) is 19.1 Å². The number of esters is 1. The molecule has 0 radical (unpaired) electrons. The largest absolute Gasteiger partial charge is 0.497 e. The van der Waals surface area contributed by atoms with Crippen molar-refractivity contribution in [2.45, 2.75) is 39.3 Å². The molecular weight excluding hydrogens is 508 g/mol. The summed E-state index contributed by atoms with van der Waals surface area (Å²) in [5.74, 6) is 0.650. The van der Waals surface area contributed by atoms with E-state index in [1.54, 1.807) is 27.2 Å². The summed E-state index contributed by atoms with van der Waals surface area (Å²) >= 11 is 1.43. The predicted octanol–water partition coefficient (Wildman–Crippen LogP) is 3.07. The summed E-state index contributed by atoms with van der Waals surface area (Å²) in [7, 11) is 3.17. The van der Waals surface area contributed by atoms with E-state index < -0.39 is 12.0 Å². The van der Waals surface area contributed by atoms with Gasteiger partial charge in [-0.15, -0.1) is 0 Å². The minimum absolute atomic E-state index is 0.0932. The molecule has 4 rings (SSSR count). The summed E-state index contributed by atoms with van der Waals surface area (Å²) < 4.78 is 22.1. The lowest BCUT2D eigenvalue weighted by Gasteiger charge is -2.37. The van der Waals surface area contributed by atoms with E-state index in [9.17, 15) is 9.59 Å². The van der Waals surface area contributed by atoms with E-state index >= 15 is 0 Å². The van der Waals surface area contributed by atoms with Crippen LogP contribution >= 0.6 is 11.8 Å². The number of thioether (sulfide) groups is 1. The highest BCUT2D eigenvalue weighted by Crippen LogP contribution is 2.47. The van der Waals surface area contributed by atoms with Crippen molar-refractivity contribution in [2.75, 3.05) is 53.6 Å². The van der Waals surface area contributed by atoms with Crippen LogP contribution in [0.2, 0.25) is 0 Å². The maximum atomic E-state index is 13.4. The molecule has 38 heavy (non-hydrogen) atoms. The van der Waals surface area contributed by atoms with Crippen LogP contribution in [0.5, 0.6) is 11.5 Å². The van der Waals surface area contributed by atoms with E-state index in [4.69, 9.17) is 23.9 Å². The van der Waals surface area contributed by atoms with Gasteiger partial charge in [0.05, 0.1) is 57.3 Å². The van der Waals surface area contributed by atoms with Gasteiger partial charge >= 0.3 is 5.97 Å². The fourth-order valence-corrected chi connectivity index (χ4v) is 5.62. The van der Waals surface area contributed by atoms with Gasteiger partial charge < -0.3 is 29.2 Å². The minimum atomic E-state index is -0.586. The van der Waals surface area contributed by atoms with Crippen LogP contribution in [-0.4, -0.2) is 86.6 Å². The van der Waals surface area contributed by atoms with Crippen molar-refractivity contribution in [2.24, 2.45) is 4.99 Å². The number of hydrogen-bond acceptors (Lipinski definition) is 10. The maximum Gasteiger partial charge on any atom is 0.338 e. The van der Waals surface area contributed by atoms with Crippen molar-refractivity contribution in [3.63, 3.8) is 0 Å². The number of methoxy groups -OCH3 is 2. The third kappa shape index (κ3) is 6.33. The monoisotopic (exact) mass is 544 g/mol. The van der Waals surface area contributed by atoms with Gasteiger partial charge in [0, 0.05) is 43.5 Å². The van der Waals surface area contributed by atoms with Crippen LogP contribution in [0.3, 0.4) is 0 Å². The molecule has 1 amide bonds. The van der Waals surface area contributed by atoms with Gasteiger partial charge in [-0.05, 0) is 38.3 Å². The van der Waals surface area contributed by atoms with E-state index in [1.165, 1.54) is 11.8 Å². The number of carbonyl (C=O) groups is 2. The molecule has 10 nitrogen and oxygen atoms in total. The average Bonchev–Trinajstić information content (AvgIpc) is 3.29. The highest BCUT2D eigenvalue weighted by molar-refractivity contribution is 8.16. The van der Waals surface area contributed by atoms with E-state index in [0.29, 0.717) is 34.5 Å². The second-order valence-electron chi connectivity index (χ2n) is 9.44. The normalized spacial score (nSPS) is 19.6. The lowest BCUT2D eigenvalue weighted by atomic mass is 9.93. The number of fused-ring (bicyclic) bond motifs is 1. The van der Waals surface area contributed by atoms with Crippen LogP contribution in [0.25, 0.3) is 0 Å². The minimum Gasteiger partial charge on any atom is -0.497 e. The van der Waals surface area contributed by atoms with Gasteiger partial charge in [-0.25, -0.2) is 9.79 Å². The molecule has 3 aliphatic heterocycles. The number of nitrogens with zero attached hydrogens (tertiary/aromatic N) is 3. The number of amidine groups is 1. The number of nitrogens with one attached hydrogen (secondary N) is 1. The van der Waals surface area contributed by atoms with E-state index in [0.717, 1.165) is 44.1 Å². The average molecular weight is 545 g/mol. The third-order valence-corrected chi connectivity index (χ3v) is 7.38. The van der Waals surface area contributed by atoms with E-state index in [1.807, 2.05) is 36.3 Å². The molecule has 0 aromatic heterocycles. The lowest BCUT2D eigenvalue weighted by Crippen LogP contribution is -2.42. The number of amides is 1. The molecule has 0 bridgehead atoms. The topological polar surface area (TPSA) is 102 Å².